The molecule has 2 amide bonds. The third-order valence-corrected chi connectivity index (χ3v) is 7.91. The first-order valence-electron chi connectivity index (χ1n) is 14.4. The molecule has 2 fully saturated rings. The zero-order valence-corrected chi connectivity index (χ0v) is 24.0. The van der Waals surface area contributed by atoms with Crippen molar-refractivity contribution in [1.82, 2.24) is 15.1 Å². The normalized spacial score (nSPS) is 18.9. The molecule has 2 saturated heterocycles. The zero-order chi connectivity index (χ0) is 28.3. The Hall–Kier alpha value is -3.49. The number of anilines is 2. The maximum Gasteiger partial charge on any atom is 0.324 e. The number of carbonyl (C=O) groups is 2. The number of nitrogens with one attached hydrogen (secondary N) is 3. The molecule has 8 heteroatoms. The number of aromatic nitrogens is 2. The lowest BCUT2D eigenvalue weighted by atomic mass is 9.76. The average molecular weight is 544 g/mol. The molecule has 3 heterocycles. The lowest BCUT2D eigenvalue weighted by Crippen LogP contribution is -2.37. The number of ketones is 1. The van der Waals surface area contributed by atoms with Crippen molar-refractivity contribution in [3.63, 3.8) is 0 Å². The second-order valence-electron chi connectivity index (χ2n) is 12.1. The summed E-state index contributed by atoms with van der Waals surface area (Å²) in [7, 11) is 0. The first-order chi connectivity index (χ1) is 19.2. The molecule has 1 aromatic heterocycles. The van der Waals surface area contributed by atoms with Crippen molar-refractivity contribution in [2.24, 2.45) is 5.92 Å². The number of rotatable bonds is 7. The number of nitrogens with zero attached hydrogens (tertiary/aromatic N) is 2. The van der Waals surface area contributed by atoms with Crippen LogP contribution >= 0.6 is 0 Å². The van der Waals surface area contributed by atoms with Crippen LogP contribution < -0.4 is 16.0 Å². The molecule has 2 aliphatic rings. The summed E-state index contributed by atoms with van der Waals surface area (Å²) in [5, 5.41) is 14.2. The first-order valence-corrected chi connectivity index (χ1v) is 14.4. The van der Waals surface area contributed by atoms with E-state index in [4.69, 9.17) is 9.84 Å². The second kappa shape index (κ2) is 11.9. The minimum absolute atomic E-state index is 0.169. The number of urea groups is 1. The quantitative estimate of drug-likeness (QED) is 0.342. The summed E-state index contributed by atoms with van der Waals surface area (Å²) in [5.74, 6) is 0.764. The lowest BCUT2D eigenvalue weighted by Gasteiger charge is -2.31. The SMILES string of the molecule is Cc1ccc(-n2nc(C(C)(C)C)cc2NC(=O)Nc2cccc(C(C(=O)[C@@H]3CCCO3)C3CCNCC3)c2)cc1. The number of piperidine rings is 1. The molecular weight excluding hydrogens is 502 g/mol. The molecule has 1 unspecified atom stereocenters. The van der Waals surface area contributed by atoms with Crippen LogP contribution in [0.5, 0.6) is 0 Å². The van der Waals surface area contributed by atoms with Gasteiger partial charge in [0.05, 0.1) is 11.4 Å². The van der Waals surface area contributed by atoms with Crippen molar-refractivity contribution in [2.45, 2.75) is 70.8 Å². The molecule has 2 atom stereocenters. The molecule has 3 aromatic rings. The largest absolute Gasteiger partial charge is 0.370 e. The zero-order valence-electron chi connectivity index (χ0n) is 24.0. The maximum atomic E-state index is 13.6. The summed E-state index contributed by atoms with van der Waals surface area (Å²) >= 11 is 0. The van der Waals surface area contributed by atoms with Crippen LogP contribution in [-0.2, 0) is 14.9 Å². The van der Waals surface area contributed by atoms with E-state index in [-0.39, 0.29) is 35.2 Å². The standard InChI is InChI=1S/C32H41N5O3/c1-21-10-12-25(13-11-21)37-28(20-27(36-37)32(2,3)4)35-31(39)34-24-8-5-7-23(19-24)29(22-14-16-33-17-15-22)30(38)26-9-6-18-40-26/h5,7-8,10-13,19-20,22,26,29,33H,6,9,14-18H2,1-4H3,(H2,34,35,39)/t26-,29?/m0/s1. The molecule has 40 heavy (non-hydrogen) atoms. The van der Waals surface area contributed by atoms with Crippen molar-refractivity contribution < 1.29 is 14.3 Å². The molecule has 5 rings (SSSR count). The molecule has 2 aliphatic heterocycles. The molecule has 0 saturated carbocycles. The van der Waals surface area contributed by atoms with E-state index in [1.807, 2.05) is 61.5 Å². The van der Waals surface area contributed by atoms with Crippen molar-refractivity contribution >= 4 is 23.3 Å². The molecular formula is C32H41N5O3. The Morgan fingerprint density at radius 1 is 1.02 bits per heavy atom. The van der Waals surface area contributed by atoms with E-state index in [1.165, 1.54) is 0 Å². The van der Waals surface area contributed by atoms with Gasteiger partial charge >= 0.3 is 6.03 Å². The van der Waals surface area contributed by atoms with Gasteiger partial charge < -0.3 is 15.4 Å². The fraction of sp³-hybridized carbons (Fsp3) is 0.469. The van der Waals surface area contributed by atoms with Gasteiger partial charge in [0.2, 0.25) is 0 Å². The third kappa shape index (κ3) is 6.45. The smallest absolute Gasteiger partial charge is 0.324 e. The molecule has 0 spiro atoms. The minimum Gasteiger partial charge on any atom is -0.370 e. The number of Topliss-reactive ketones (excluding diaryl/α,β-unsaturated/α-hetero) is 1. The van der Waals surface area contributed by atoms with Crippen LogP contribution in [0.1, 0.15) is 69.2 Å². The molecule has 3 N–H and O–H groups in total. The topological polar surface area (TPSA) is 97.3 Å². The summed E-state index contributed by atoms with van der Waals surface area (Å²) in [6.07, 6.45) is 3.26. The number of hydrogen-bond donors (Lipinski definition) is 3. The summed E-state index contributed by atoms with van der Waals surface area (Å²) < 4.78 is 7.56. The number of aryl methyl sites for hydroxylation is 1. The highest BCUT2D eigenvalue weighted by Crippen LogP contribution is 2.36. The Labute approximate surface area is 236 Å². The van der Waals surface area contributed by atoms with Gasteiger partial charge in [0, 0.05) is 29.7 Å². The van der Waals surface area contributed by atoms with Gasteiger partial charge in [-0.25, -0.2) is 9.48 Å². The molecule has 0 aliphatic carbocycles. The van der Waals surface area contributed by atoms with Crippen LogP contribution in [-0.4, -0.2) is 47.4 Å². The van der Waals surface area contributed by atoms with Gasteiger partial charge in [0.15, 0.2) is 5.78 Å². The molecule has 8 nitrogen and oxygen atoms in total. The highest BCUT2D eigenvalue weighted by Gasteiger charge is 2.37. The van der Waals surface area contributed by atoms with E-state index in [0.29, 0.717) is 18.1 Å². The summed E-state index contributed by atoms with van der Waals surface area (Å²) in [4.78, 5) is 26.9. The maximum absolute atomic E-state index is 13.6. The van der Waals surface area contributed by atoms with Gasteiger partial charge in [-0.2, -0.15) is 5.10 Å². The average Bonchev–Trinajstić information content (AvgIpc) is 3.61. The van der Waals surface area contributed by atoms with E-state index in [2.05, 4.69) is 36.7 Å². The van der Waals surface area contributed by atoms with E-state index in [0.717, 1.165) is 61.3 Å². The van der Waals surface area contributed by atoms with Gasteiger partial charge in [-0.1, -0.05) is 50.6 Å². The first kappa shape index (κ1) is 28.1. The summed E-state index contributed by atoms with van der Waals surface area (Å²) in [6.45, 7) is 10.8. The van der Waals surface area contributed by atoms with E-state index in [1.54, 1.807) is 4.68 Å². The van der Waals surface area contributed by atoms with Crippen LogP contribution in [0.25, 0.3) is 5.69 Å². The van der Waals surface area contributed by atoms with Crippen LogP contribution in [0.4, 0.5) is 16.3 Å². The van der Waals surface area contributed by atoms with Crippen LogP contribution in [0.2, 0.25) is 0 Å². The van der Waals surface area contributed by atoms with Gasteiger partial charge in [0.1, 0.15) is 11.9 Å². The van der Waals surface area contributed by atoms with Crippen molar-refractivity contribution in [2.75, 3.05) is 30.3 Å². The van der Waals surface area contributed by atoms with E-state index >= 15 is 0 Å². The molecule has 2 aromatic carbocycles. The highest BCUT2D eigenvalue weighted by molar-refractivity contribution is 5.99. The van der Waals surface area contributed by atoms with Gasteiger partial charge in [-0.05, 0) is 81.4 Å². The number of hydrogen-bond acceptors (Lipinski definition) is 5. The minimum atomic E-state index is -0.366. The predicted octanol–water partition coefficient (Wildman–Crippen LogP) is 5.95. The van der Waals surface area contributed by atoms with Gasteiger partial charge in [-0.15, -0.1) is 0 Å². The molecule has 0 radical (unpaired) electrons. The Morgan fingerprint density at radius 2 is 1.77 bits per heavy atom. The molecule has 0 bridgehead atoms. The lowest BCUT2D eigenvalue weighted by molar-refractivity contribution is -0.130. The number of carbonyl (C=O) groups excluding carboxylic acids is 2. The summed E-state index contributed by atoms with van der Waals surface area (Å²) in [6, 6.07) is 17.3. The van der Waals surface area contributed by atoms with Crippen LogP contribution in [0, 0.1) is 12.8 Å². The Bertz CT molecular complexity index is 1330. The second-order valence-corrected chi connectivity index (χ2v) is 12.1. The molecule has 212 valence electrons. The Morgan fingerprint density at radius 3 is 2.45 bits per heavy atom. The number of benzene rings is 2. The van der Waals surface area contributed by atoms with Gasteiger partial charge in [-0.3, -0.25) is 10.1 Å². The Balaban J connectivity index is 1.37. The number of amides is 2. The van der Waals surface area contributed by atoms with E-state index < -0.39 is 0 Å². The van der Waals surface area contributed by atoms with Crippen molar-refractivity contribution in [3.05, 3.63) is 71.4 Å². The Kier molecular flexibility index (Phi) is 8.38. The van der Waals surface area contributed by atoms with Crippen molar-refractivity contribution in [1.29, 1.82) is 0 Å². The third-order valence-electron chi connectivity index (χ3n) is 7.91. The van der Waals surface area contributed by atoms with E-state index in [9.17, 15) is 9.59 Å². The van der Waals surface area contributed by atoms with Crippen molar-refractivity contribution in [3.8, 4) is 5.69 Å². The fourth-order valence-corrected chi connectivity index (χ4v) is 5.66. The monoisotopic (exact) mass is 543 g/mol. The van der Waals surface area contributed by atoms with Crippen LogP contribution in [0.15, 0.2) is 54.6 Å². The van der Waals surface area contributed by atoms with Gasteiger partial charge in [0.25, 0.3) is 0 Å². The van der Waals surface area contributed by atoms with Crippen LogP contribution in [0.3, 0.4) is 0 Å². The fourth-order valence-electron chi connectivity index (χ4n) is 5.66. The highest BCUT2D eigenvalue weighted by atomic mass is 16.5. The summed E-state index contributed by atoms with van der Waals surface area (Å²) in [5.41, 5.74) is 4.30. The predicted molar refractivity (Wildman–Crippen MR) is 158 cm³/mol. The number of ether oxygens (including phenoxy) is 1.